The van der Waals surface area contributed by atoms with Gasteiger partial charge in [0.05, 0.1) is 0 Å². The van der Waals surface area contributed by atoms with E-state index in [1.807, 2.05) is 45.9 Å². The van der Waals surface area contributed by atoms with E-state index in [0.717, 1.165) is 11.3 Å². The van der Waals surface area contributed by atoms with E-state index in [9.17, 15) is 4.79 Å². The Hall–Kier alpha value is -1.26. The first kappa shape index (κ1) is 19.7. The maximum atomic E-state index is 12.0. The van der Waals surface area contributed by atoms with Crippen LogP contribution in [0, 0.1) is 19.3 Å². The quantitative estimate of drug-likeness (QED) is 0.878. The molecule has 5 heteroatoms. The molecule has 0 radical (unpaired) electrons. The van der Waals surface area contributed by atoms with Gasteiger partial charge in [-0.1, -0.05) is 19.9 Å². The Kier molecular flexibility index (Phi) is 7.75. The summed E-state index contributed by atoms with van der Waals surface area (Å²) in [5, 5.41) is 0. The normalized spacial score (nSPS) is 10.8. The van der Waals surface area contributed by atoms with Gasteiger partial charge in [-0.05, 0) is 49.1 Å². The smallest absolute Gasteiger partial charge is 0.260 e. The number of carbonyl (C=O) groups is 1. The van der Waals surface area contributed by atoms with Crippen LogP contribution in [0.5, 0.6) is 5.75 Å². The molecule has 1 aromatic carbocycles. The zero-order chi connectivity index (χ0) is 15.3. The van der Waals surface area contributed by atoms with Crippen LogP contribution in [0.2, 0.25) is 0 Å². The molecule has 0 aliphatic heterocycles. The molecular formula is C16H27ClN2O2. The Labute approximate surface area is 134 Å². The summed E-state index contributed by atoms with van der Waals surface area (Å²) in [6, 6.07) is 5.84. The van der Waals surface area contributed by atoms with E-state index in [1.54, 1.807) is 11.9 Å². The lowest BCUT2D eigenvalue weighted by Crippen LogP contribution is -2.41. The maximum absolute atomic E-state index is 12.0. The molecule has 0 spiro atoms. The molecule has 120 valence electrons. The third-order valence-electron chi connectivity index (χ3n) is 3.48. The number of rotatable bonds is 6. The minimum Gasteiger partial charge on any atom is -0.484 e. The molecule has 0 fully saturated rings. The fourth-order valence-corrected chi connectivity index (χ4v) is 1.85. The van der Waals surface area contributed by atoms with Crippen LogP contribution in [0.25, 0.3) is 0 Å². The lowest BCUT2D eigenvalue weighted by atomic mass is 9.93. The van der Waals surface area contributed by atoms with Gasteiger partial charge in [-0.2, -0.15) is 0 Å². The highest BCUT2D eigenvalue weighted by molar-refractivity contribution is 5.85. The van der Waals surface area contributed by atoms with Crippen LogP contribution in [0.4, 0.5) is 0 Å². The third kappa shape index (κ3) is 6.36. The molecule has 0 saturated heterocycles. The van der Waals surface area contributed by atoms with Crippen molar-refractivity contribution < 1.29 is 9.53 Å². The number of hydrogen-bond donors (Lipinski definition) is 1. The molecular weight excluding hydrogens is 288 g/mol. The van der Waals surface area contributed by atoms with Crippen LogP contribution in [-0.4, -0.2) is 37.6 Å². The Balaban J connectivity index is 0.00000400. The summed E-state index contributed by atoms with van der Waals surface area (Å²) in [4.78, 5) is 13.7. The molecule has 2 N–H and O–H groups in total. The number of halogens is 1. The molecule has 0 heterocycles. The molecule has 4 nitrogen and oxygen atoms in total. The van der Waals surface area contributed by atoms with E-state index in [1.165, 1.54) is 5.56 Å². The second-order valence-electron chi connectivity index (χ2n) is 6.15. The average molecular weight is 315 g/mol. The summed E-state index contributed by atoms with van der Waals surface area (Å²) < 4.78 is 5.55. The van der Waals surface area contributed by atoms with Gasteiger partial charge in [0.2, 0.25) is 0 Å². The maximum Gasteiger partial charge on any atom is 0.260 e. The predicted octanol–water partition coefficient (Wildman–Crippen LogP) is 2.55. The summed E-state index contributed by atoms with van der Waals surface area (Å²) in [5.41, 5.74) is 7.98. The molecule has 0 bridgehead atoms. The van der Waals surface area contributed by atoms with Gasteiger partial charge in [0.15, 0.2) is 6.61 Å². The topological polar surface area (TPSA) is 55.6 Å². The zero-order valence-corrected chi connectivity index (χ0v) is 14.4. The fourth-order valence-electron chi connectivity index (χ4n) is 1.85. The minimum atomic E-state index is -0.0785. The van der Waals surface area contributed by atoms with Gasteiger partial charge in [-0.15, -0.1) is 12.4 Å². The van der Waals surface area contributed by atoms with Crippen molar-refractivity contribution in [3.8, 4) is 5.75 Å². The number of carbonyl (C=O) groups excluding carboxylic acids is 1. The first-order valence-corrected chi connectivity index (χ1v) is 6.89. The van der Waals surface area contributed by atoms with E-state index in [4.69, 9.17) is 10.5 Å². The van der Waals surface area contributed by atoms with Crippen LogP contribution in [0.15, 0.2) is 18.2 Å². The van der Waals surface area contributed by atoms with E-state index in [-0.39, 0.29) is 30.3 Å². The number of benzene rings is 1. The van der Waals surface area contributed by atoms with Crippen molar-refractivity contribution >= 4 is 18.3 Å². The largest absolute Gasteiger partial charge is 0.484 e. The number of aryl methyl sites for hydroxylation is 2. The van der Waals surface area contributed by atoms with Crippen molar-refractivity contribution in [2.75, 3.05) is 26.7 Å². The van der Waals surface area contributed by atoms with Crippen molar-refractivity contribution in [1.82, 2.24) is 4.90 Å². The van der Waals surface area contributed by atoms with Crippen LogP contribution >= 0.6 is 12.4 Å². The molecule has 0 aliphatic rings. The molecule has 1 aromatic rings. The number of nitrogens with two attached hydrogens (primary N) is 1. The highest BCUT2D eigenvalue weighted by atomic mass is 35.5. The first-order chi connectivity index (χ1) is 9.25. The van der Waals surface area contributed by atoms with Gasteiger partial charge < -0.3 is 15.4 Å². The van der Waals surface area contributed by atoms with Crippen molar-refractivity contribution in [1.29, 1.82) is 0 Å². The van der Waals surface area contributed by atoms with Crippen LogP contribution in [-0.2, 0) is 4.79 Å². The first-order valence-electron chi connectivity index (χ1n) is 6.89. The number of likely N-dealkylation sites (N-methyl/N-ethyl adjacent to an activating group) is 1. The molecule has 1 amide bonds. The Morgan fingerprint density at radius 1 is 1.29 bits per heavy atom. The fraction of sp³-hybridized carbons (Fsp3) is 0.562. The van der Waals surface area contributed by atoms with Crippen LogP contribution in [0.1, 0.15) is 25.0 Å². The number of amides is 1. The Morgan fingerprint density at radius 3 is 2.43 bits per heavy atom. The minimum absolute atomic E-state index is 0. The number of hydrogen-bond acceptors (Lipinski definition) is 3. The van der Waals surface area contributed by atoms with E-state index < -0.39 is 0 Å². The van der Waals surface area contributed by atoms with Crippen molar-refractivity contribution in [3.05, 3.63) is 29.3 Å². The highest BCUT2D eigenvalue weighted by Gasteiger charge is 2.21. The summed E-state index contributed by atoms with van der Waals surface area (Å²) in [7, 11) is 1.78. The Morgan fingerprint density at radius 2 is 1.90 bits per heavy atom. The molecule has 21 heavy (non-hydrogen) atoms. The van der Waals surface area contributed by atoms with E-state index in [2.05, 4.69) is 0 Å². The van der Waals surface area contributed by atoms with Crippen molar-refractivity contribution in [2.45, 2.75) is 27.7 Å². The van der Waals surface area contributed by atoms with Gasteiger partial charge in [-0.25, -0.2) is 0 Å². The number of nitrogens with zero attached hydrogens (tertiary/aromatic N) is 1. The summed E-state index contributed by atoms with van der Waals surface area (Å²) >= 11 is 0. The van der Waals surface area contributed by atoms with Gasteiger partial charge in [0.1, 0.15) is 5.75 Å². The highest BCUT2D eigenvalue weighted by Crippen LogP contribution is 2.17. The third-order valence-corrected chi connectivity index (χ3v) is 3.48. The second kappa shape index (κ2) is 8.25. The molecule has 0 aliphatic carbocycles. The lowest BCUT2D eigenvalue weighted by Gasteiger charge is -2.29. The monoisotopic (exact) mass is 314 g/mol. The molecule has 0 unspecified atom stereocenters. The summed E-state index contributed by atoms with van der Waals surface area (Å²) in [5.74, 6) is 0.692. The van der Waals surface area contributed by atoms with Crippen molar-refractivity contribution in [2.24, 2.45) is 11.1 Å². The lowest BCUT2D eigenvalue weighted by molar-refractivity contribution is -0.133. The standard InChI is InChI=1S/C16H26N2O2.ClH/c1-12-6-7-14(8-13(12)2)20-9-15(19)18(5)11-16(3,4)10-17;/h6-8H,9-11,17H2,1-5H3;1H. The molecule has 0 saturated carbocycles. The van der Waals surface area contributed by atoms with Crippen LogP contribution in [0.3, 0.4) is 0 Å². The zero-order valence-electron chi connectivity index (χ0n) is 13.6. The van der Waals surface area contributed by atoms with Gasteiger partial charge >= 0.3 is 0 Å². The van der Waals surface area contributed by atoms with E-state index >= 15 is 0 Å². The van der Waals surface area contributed by atoms with Crippen molar-refractivity contribution in [3.63, 3.8) is 0 Å². The van der Waals surface area contributed by atoms with Crippen LogP contribution < -0.4 is 10.5 Å². The second-order valence-corrected chi connectivity index (χ2v) is 6.15. The molecule has 1 rings (SSSR count). The SMILES string of the molecule is Cc1ccc(OCC(=O)N(C)CC(C)(C)CN)cc1C.Cl. The molecule has 0 aromatic heterocycles. The van der Waals surface area contributed by atoms with Gasteiger partial charge in [-0.3, -0.25) is 4.79 Å². The van der Waals surface area contributed by atoms with Gasteiger partial charge in [0, 0.05) is 13.6 Å². The summed E-state index contributed by atoms with van der Waals surface area (Å²) in [6.45, 7) is 9.38. The molecule has 0 atom stereocenters. The number of ether oxygens (including phenoxy) is 1. The van der Waals surface area contributed by atoms with Gasteiger partial charge in [0.25, 0.3) is 5.91 Å². The predicted molar refractivity (Wildman–Crippen MR) is 89.1 cm³/mol. The summed E-state index contributed by atoms with van der Waals surface area (Å²) in [6.07, 6.45) is 0. The average Bonchev–Trinajstić information content (AvgIpc) is 2.39. The Bertz CT molecular complexity index is 475. The van der Waals surface area contributed by atoms with E-state index in [0.29, 0.717) is 13.1 Å².